The lowest BCUT2D eigenvalue weighted by Gasteiger charge is -2.36. The predicted molar refractivity (Wildman–Crippen MR) is 132 cm³/mol. The molecule has 1 aliphatic heterocycles. The first kappa shape index (κ1) is 24.0. The Kier molecular flexibility index (Phi) is 6.26. The van der Waals surface area contributed by atoms with Crippen LogP contribution >= 0.6 is 11.6 Å². The lowest BCUT2D eigenvalue weighted by molar-refractivity contribution is 0.0981. The normalized spacial score (nSPS) is 17.5. The molecule has 1 fully saturated rings. The molecule has 1 amide bonds. The van der Waals surface area contributed by atoms with Crippen molar-refractivity contribution in [3.8, 4) is 11.3 Å². The van der Waals surface area contributed by atoms with Gasteiger partial charge in [-0.05, 0) is 56.5 Å². The van der Waals surface area contributed by atoms with Gasteiger partial charge in [-0.15, -0.1) is 0 Å². The highest BCUT2D eigenvalue weighted by molar-refractivity contribution is 7.90. The topological polar surface area (TPSA) is 112 Å². The van der Waals surface area contributed by atoms with Crippen molar-refractivity contribution in [1.29, 1.82) is 0 Å². The second-order valence-corrected chi connectivity index (χ2v) is 10.9. The number of aromatic amines is 1. The minimum Gasteiger partial charge on any atom is -0.351 e. The number of aromatic nitrogens is 2. The number of carbonyl (C=O) groups excluding carboxylic acids is 1. The molecule has 2 N–H and O–H groups in total. The number of hydrogen-bond acceptors (Lipinski definition) is 6. The van der Waals surface area contributed by atoms with Crippen molar-refractivity contribution in [2.75, 3.05) is 11.4 Å². The van der Waals surface area contributed by atoms with E-state index in [4.69, 9.17) is 16.6 Å². The van der Waals surface area contributed by atoms with E-state index < -0.39 is 26.4 Å². The van der Waals surface area contributed by atoms with E-state index in [0.717, 1.165) is 12.5 Å². The van der Waals surface area contributed by atoms with E-state index >= 15 is 0 Å². The fourth-order valence-corrected chi connectivity index (χ4v) is 5.37. The van der Waals surface area contributed by atoms with Gasteiger partial charge >= 0.3 is 0 Å². The zero-order valence-electron chi connectivity index (χ0n) is 19.0. The molecule has 178 valence electrons. The molecule has 0 radical (unpaired) electrons. The van der Waals surface area contributed by atoms with Crippen molar-refractivity contribution in [2.24, 2.45) is 5.92 Å². The average molecular weight is 501 g/mol. The van der Waals surface area contributed by atoms with E-state index in [9.17, 15) is 18.0 Å². The van der Waals surface area contributed by atoms with Crippen LogP contribution in [0, 0.1) is 5.92 Å². The van der Waals surface area contributed by atoms with Crippen molar-refractivity contribution >= 4 is 33.3 Å². The number of carbonyl (C=O) groups is 1. The number of sulfonamides is 1. The smallest absolute Gasteiger partial charge is 0.269 e. The SMILES string of the molecule is CC1CCN(c2nc(-c3ccccc3Cl)ccc2C(=O)NS(=O)(=O)c2ccc[nH]c2=O)C1(C)C. The monoisotopic (exact) mass is 500 g/mol. The Morgan fingerprint density at radius 2 is 1.91 bits per heavy atom. The van der Waals surface area contributed by atoms with Crippen LogP contribution in [-0.4, -0.2) is 36.4 Å². The standard InChI is InChI=1S/C24H25ClN4O4S/c1-15-12-14-29(24(15,2)3)21-17(10-11-19(27-21)16-7-4-5-8-18(16)25)22(30)28-34(32,33)20-9-6-13-26-23(20)31/h4-11,13,15H,12,14H2,1-3H3,(H,26,31)(H,28,30). The highest BCUT2D eigenvalue weighted by Crippen LogP contribution is 2.39. The second-order valence-electron chi connectivity index (χ2n) is 8.84. The number of nitrogens with zero attached hydrogens (tertiary/aromatic N) is 2. The van der Waals surface area contributed by atoms with E-state index in [0.29, 0.717) is 34.6 Å². The minimum absolute atomic E-state index is 0.0916. The summed E-state index contributed by atoms with van der Waals surface area (Å²) in [5.74, 6) is -0.186. The first-order valence-corrected chi connectivity index (χ1v) is 12.7. The summed E-state index contributed by atoms with van der Waals surface area (Å²) in [6.07, 6.45) is 2.21. The number of nitrogens with one attached hydrogen (secondary N) is 2. The number of amides is 1. The summed E-state index contributed by atoms with van der Waals surface area (Å²) < 4.78 is 27.6. The van der Waals surface area contributed by atoms with Gasteiger partial charge in [0.2, 0.25) is 0 Å². The summed E-state index contributed by atoms with van der Waals surface area (Å²) in [5, 5.41) is 0.512. The maximum absolute atomic E-state index is 13.2. The number of halogens is 1. The van der Waals surface area contributed by atoms with E-state index in [1.807, 2.05) is 27.8 Å². The summed E-state index contributed by atoms with van der Waals surface area (Å²) in [7, 11) is -4.40. The number of benzene rings is 1. The molecule has 3 heterocycles. The zero-order chi connectivity index (χ0) is 24.7. The quantitative estimate of drug-likeness (QED) is 0.550. The predicted octanol–water partition coefficient (Wildman–Crippen LogP) is 3.83. The fourth-order valence-electron chi connectivity index (χ4n) is 4.11. The first-order chi connectivity index (χ1) is 16.0. The molecule has 0 spiro atoms. The van der Waals surface area contributed by atoms with Crippen LogP contribution in [-0.2, 0) is 10.0 Å². The Bertz CT molecular complexity index is 1420. The Balaban J connectivity index is 1.80. The highest BCUT2D eigenvalue weighted by Gasteiger charge is 2.41. The molecule has 3 aromatic rings. The number of hydrogen-bond donors (Lipinski definition) is 2. The molecule has 0 bridgehead atoms. The van der Waals surface area contributed by atoms with Gasteiger partial charge in [0.25, 0.3) is 21.5 Å². The Labute approximate surface area is 203 Å². The molecule has 1 aliphatic rings. The van der Waals surface area contributed by atoms with Crippen molar-refractivity contribution in [3.05, 3.63) is 75.7 Å². The van der Waals surface area contributed by atoms with Crippen molar-refractivity contribution in [2.45, 2.75) is 37.6 Å². The molecule has 4 rings (SSSR count). The van der Waals surface area contributed by atoms with Gasteiger partial charge in [-0.25, -0.2) is 18.1 Å². The lowest BCUT2D eigenvalue weighted by Crippen LogP contribution is -2.44. The van der Waals surface area contributed by atoms with Crippen LogP contribution in [0.15, 0.2) is 64.4 Å². The summed E-state index contributed by atoms with van der Waals surface area (Å²) in [4.78, 5) is 33.8. The van der Waals surface area contributed by atoms with Gasteiger partial charge in [-0.2, -0.15) is 0 Å². The summed E-state index contributed by atoms with van der Waals surface area (Å²) >= 11 is 6.38. The second kappa shape index (κ2) is 8.88. The van der Waals surface area contributed by atoms with Crippen LogP contribution < -0.4 is 15.2 Å². The van der Waals surface area contributed by atoms with E-state index in [2.05, 4.69) is 25.8 Å². The van der Waals surface area contributed by atoms with Crippen LogP contribution in [0.5, 0.6) is 0 Å². The summed E-state index contributed by atoms with van der Waals surface area (Å²) in [6.45, 7) is 6.91. The van der Waals surface area contributed by atoms with Gasteiger partial charge in [-0.3, -0.25) is 9.59 Å². The van der Waals surface area contributed by atoms with Crippen LogP contribution in [0.2, 0.25) is 5.02 Å². The third-order valence-electron chi connectivity index (χ3n) is 6.51. The minimum atomic E-state index is -4.40. The molecule has 0 saturated carbocycles. The number of rotatable bonds is 5. The largest absolute Gasteiger partial charge is 0.351 e. The highest BCUT2D eigenvalue weighted by atomic mass is 35.5. The maximum atomic E-state index is 13.2. The van der Waals surface area contributed by atoms with Crippen molar-refractivity contribution in [1.82, 2.24) is 14.7 Å². The van der Waals surface area contributed by atoms with Crippen LogP contribution in [0.4, 0.5) is 5.82 Å². The van der Waals surface area contributed by atoms with E-state index in [1.54, 1.807) is 18.2 Å². The van der Waals surface area contributed by atoms with E-state index in [1.165, 1.54) is 12.3 Å². The molecular formula is C24H25ClN4O4S. The molecule has 0 aliphatic carbocycles. The third-order valence-corrected chi connectivity index (χ3v) is 8.20. The third kappa shape index (κ3) is 4.33. The molecule has 2 aromatic heterocycles. The molecular weight excluding hydrogens is 476 g/mol. The molecule has 1 saturated heterocycles. The lowest BCUT2D eigenvalue weighted by atomic mass is 9.90. The van der Waals surface area contributed by atoms with Crippen molar-refractivity contribution in [3.63, 3.8) is 0 Å². The fraction of sp³-hybridized carbons (Fsp3) is 0.292. The van der Waals surface area contributed by atoms with Gasteiger partial charge in [-0.1, -0.05) is 36.7 Å². The molecule has 34 heavy (non-hydrogen) atoms. The number of H-pyrrole nitrogens is 1. The molecule has 10 heteroatoms. The summed E-state index contributed by atoms with van der Waals surface area (Å²) in [5.41, 5.74) is 0.218. The number of anilines is 1. The summed E-state index contributed by atoms with van der Waals surface area (Å²) in [6, 6.07) is 12.9. The molecule has 8 nitrogen and oxygen atoms in total. The van der Waals surface area contributed by atoms with Gasteiger partial charge in [0.05, 0.1) is 11.3 Å². The molecule has 1 unspecified atom stereocenters. The Hall–Kier alpha value is -3.17. The van der Waals surface area contributed by atoms with Crippen LogP contribution in [0.25, 0.3) is 11.3 Å². The van der Waals surface area contributed by atoms with Crippen LogP contribution in [0.3, 0.4) is 0 Å². The number of pyridine rings is 2. The molecule has 1 atom stereocenters. The molecule has 1 aromatic carbocycles. The Morgan fingerprint density at radius 3 is 2.56 bits per heavy atom. The van der Waals surface area contributed by atoms with Gasteiger partial charge in [0.15, 0.2) is 4.90 Å². The van der Waals surface area contributed by atoms with Crippen molar-refractivity contribution < 1.29 is 13.2 Å². The Morgan fingerprint density at radius 1 is 1.18 bits per heavy atom. The van der Waals surface area contributed by atoms with Gasteiger partial charge in [0, 0.05) is 28.9 Å². The van der Waals surface area contributed by atoms with Gasteiger partial charge in [0.1, 0.15) is 5.82 Å². The van der Waals surface area contributed by atoms with E-state index in [-0.39, 0.29) is 11.1 Å². The average Bonchev–Trinajstić information content (AvgIpc) is 3.05. The maximum Gasteiger partial charge on any atom is 0.269 e. The zero-order valence-corrected chi connectivity index (χ0v) is 20.6. The van der Waals surface area contributed by atoms with Gasteiger partial charge < -0.3 is 9.88 Å². The van der Waals surface area contributed by atoms with Crippen LogP contribution in [0.1, 0.15) is 37.6 Å². The first-order valence-electron chi connectivity index (χ1n) is 10.8.